The largest absolute Gasteiger partial charge is 0.324 e. The average molecular weight is 411 g/mol. The van der Waals surface area contributed by atoms with Gasteiger partial charge in [-0.1, -0.05) is 31.2 Å². The summed E-state index contributed by atoms with van der Waals surface area (Å²) in [7, 11) is -3.69. The lowest BCUT2D eigenvalue weighted by molar-refractivity contribution is -0.116. The zero-order valence-corrected chi connectivity index (χ0v) is 15.9. The first-order chi connectivity index (χ1) is 11.3. The average Bonchev–Trinajstić information content (AvgIpc) is 2.56. The van der Waals surface area contributed by atoms with Crippen LogP contribution in [-0.2, 0) is 14.8 Å². The molecule has 0 aliphatic carbocycles. The predicted octanol–water partition coefficient (Wildman–Crippen LogP) is 3.41. The maximum absolute atomic E-state index is 12.6. The summed E-state index contributed by atoms with van der Waals surface area (Å²) in [6, 6.07) is 13.6. The molecule has 0 spiro atoms. The number of likely N-dealkylation sites (N-methyl/N-ethyl adjacent to an activating group) is 1. The number of hydrogen-bond acceptors (Lipinski definition) is 3. The van der Waals surface area contributed by atoms with Crippen molar-refractivity contribution in [1.82, 2.24) is 4.31 Å². The molecule has 0 fully saturated rings. The van der Waals surface area contributed by atoms with Gasteiger partial charge in [0.1, 0.15) is 0 Å². The Hall–Kier alpha value is -1.70. The van der Waals surface area contributed by atoms with Gasteiger partial charge >= 0.3 is 0 Å². The van der Waals surface area contributed by atoms with Crippen LogP contribution in [0.4, 0.5) is 5.69 Å². The van der Waals surface area contributed by atoms with Crippen LogP contribution >= 0.6 is 15.9 Å². The van der Waals surface area contributed by atoms with Crippen molar-refractivity contribution < 1.29 is 13.2 Å². The number of nitrogens with zero attached hydrogens (tertiary/aromatic N) is 1. The molecule has 7 heteroatoms. The van der Waals surface area contributed by atoms with E-state index in [1.807, 2.05) is 19.1 Å². The van der Waals surface area contributed by atoms with Gasteiger partial charge in [-0.3, -0.25) is 4.79 Å². The standard InChI is InChI=1S/C17H19BrN2O3S/c1-3-20(24(22,23)14-7-5-4-6-8-14)12-17(21)19-16-10-9-13(2)11-15(16)18/h4-11H,3,12H2,1-2H3,(H,19,21). The van der Waals surface area contributed by atoms with Crippen LogP contribution in [0.15, 0.2) is 57.9 Å². The number of carbonyl (C=O) groups excluding carboxylic acids is 1. The Morgan fingerprint density at radius 3 is 2.42 bits per heavy atom. The van der Waals surface area contributed by atoms with Crippen molar-refractivity contribution in [3.63, 3.8) is 0 Å². The molecule has 24 heavy (non-hydrogen) atoms. The monoisotopic (exact) mass is 410 g/mol. The Kier molecular flexibility index (Phi) is 6.15. The van der Waals surface area contributed by atoms with Crippen LogP contribution in [0, 0.1) is 6.92 Å². The number of amides is 1. The molecule has 1 N–H and O–H groups in total. The first-order valence-electron chi connectivity index (χ1n) is 7.45. The summed E-state index contributed by atoms with van der Waals surface area (Å²) >= 11 is 3.39. The predicted molar refractivity (Wildman–Crippen MR) is 98.4 cm³/mol. The molecule has 2 aromatic carbocycles. The SMILES string of the molecule is CCN(CC(=O)Nc1ccc(C)cc1Br)S(=O)(=O)c1ccccc1. The smallest absolute Gasteiger partial charge is 0.243 e. The van der Waals surface area contributed by atoms with Crippen molar-refractivity contribution in [3.05, 3.63) is 58.6 Å². The fourth-order valence-corrected chi connectivity index (χ4v) is 4.20. The zero-order chi connectivity index (χ0) is 17.7. The summed E-state index contributed by atoms with van der Waals surface area (Å²) in [5.74, 6) is -0.388. The molecule has 2 rings (SSSR count). The van der Waals surface area contributed by atoms with Gasteiger partial charge in [-0.15, -0.1) is 0 Å². The van der Waals surface area contributed by atoms with Crippen LogP contribution < -0.4 is 5.32 Å². The molecule has 0 saturated carbocycles. The highest BCUT2D eigenvalue weighted by atomic mass is 79.9. The molecule has 0 radical (unpaired) electrons. The molecule has 5 nitrogen and oxygen atoms in total. The molecule has 0 saturated heterocycles. The lowest BCUT2D eigenvalue weighted by Crippen LogP contribution is -2.37. The summed E-state index contributed by atoms with van der Waals surface area (Å²) in [6.07, 6.45) is 0. The lowest BCUT2D eigenvalue weighted by Gasteiger charge is -2.20. The zero-order valence-electron chi connectivity index (χ0n) is 13.5. The number of carbonyl (C=O) groups is 1. The first kappa shape index (κ1) is 18.6. The first-order valence-corrected chi connectivity index (χ1v) is 9.69. The number of nitrogens with one attached hydrogen (secondary N) is 1. The van der Waals surface area contributed by atoms with E-state index >= 15 is 0 Å². The Morgan fingerprint density at radius 1 is 1.17 bits per heavy atom. The fraction of sp³-hybridized carbons (Fsp3) is 0.235. The van der Waals surface area contributed by atoms with Gasteiger partial charge in [0.15, 0.2) is 0 Å². The van der Waals surface area contributed by atoms with Crippen LogP contribution in [0.2, 0.25) is 0 Å². The van der Waals surface area contributed by atoms with Crippen LogP contribution in [0.5, 0.6) is 0 Å². The van der Waals surface area contributed by atoms with E-state index < -0.39 is 10.0 Å². The molecular weight excluding hydrogens is 392 g/mol. The molecule has 0 aliphatic rings. The van der Waals surface area contributed by atoms with Gasteiger partial charge in [0.25, 0.3) is 0 Å². The summed E-state index contributed by atoms with van der Waals surface area (Å²) in [6.45, 7) is 3.62. The quantitative estimate of drug-likeness (QED) is 0.793. The molecular formula is C17H19BrN2O3S. The van der Waals surface area contributed by atoms with Gasteiger partial charge in [0.2, 0.25) is 15.9 Å². The summed E-state index contributed by atoms with van der Waals surface area (Å²) in [5.41, 5.74) is 1.67. The van der Waals surface area contributed by atoms with Gasteiger partial charge in [-0.2, -0.15) is 4.31 Å². The Balaban J connectivity index is 2.14. The van der Waals surface area contributed by atoms with E-state index in [1.54, 1.807) is 31.2 Å². The van der Waals surface area contributed by atoms with Gasteiger partial charge in [-0.05, 0) is 52.7 Å². The Morgan fingerprint density at radius 2 is 1.83 bits per heavy atom. The summed E-state index contributed by atoms with van der Waals surface area (Å²) < 4.78 is 27.1. The van der Waals surface area contributed by atoms with Crippen molar-refractivity contribution in [2.45, 2.75) is 18.7 Å². The van der Waals surface area contributed by atoms with E-state index in [4.69, 9.17) is 0 Å². The van der Waals surface area contributed by atoms with E-state index in [9.17, 15) is 13.2 Å². The third kappa shape index (κ3) is 4.43. The van der Waals surface area contributed by atoms with Crippen LogP contribution in [-0.4, -0.2) is 31.7 Å². The van der Waals surface area contributed by atoms with Gasteiger partial charge < -0.3 is 5.32 Å². The third-order valence-electron chi connectivity index (χ3n) is 3.45. The Bertz CT molecular complexity index is 823. The molecule has 0 aliphatic heterocycles. The van der Waals surface area contributed by atoms with Gasteiger partial charge in [0.05, 0.1) is 17.1 Å². The van der Waals surface area contributed by atoms with Crippen molar-refractivity contribution in [2.24, 2.45) is 0 Å². The second-order valence-electron chi connectivity index (χ2n) is 5.28. The molecule has 0 bridgehead atoms. The molecule has 2 aromatic rings. The van der Waals surface area contributed by atoms with Crippen LogP contribution in [0.1, 0.15) is 12.5 Å². The van der Waals surface area contributed by atoms with Crippen LogP contribution in [0.3, 0.4) is 0 Å². The highest BCUT2D eigenvalue weighted by Gasteiger charge is 2.25. The van der Waals surface area contributed by atoms with Crippen LogP contribution in [0.25, 0.3) is 0 Å². The van der Waals surface area contributed by atoms with E-state index in [1.165, 1.54) is 12.1 Å². The maximum atomic E-state index is 12.6. The minimum atomic E-state index is -3.69. The second kappa shape index (κ2) is 7.92. The van der Waals surface area contributed by atoms with Crippen molar-refractivity contribution in [2.75, 3.05) is 18.4 Å². The molecule has 0 unspecified atom stereocenters. The van der Waals surface area contributed by atoms with Gasteiger partial charge in [0, 0.05) is 11.0 Å². The second-order valence-corrected chi connectivity index (χ2v) is 8.07. The van der Waals surface area contributed by atoms with E-state index in [-0.39, 0.29) is 23.9 Å². The topological polar surface area (TPSA) is 66.5 Å². The number of sulfonamides is 1. The van der Waals surface area contributed by atoms with E-state index in [2.05, 4.69) is 21.2 Å². The molecule has 0 atom stereocenters. The minimum absolute atomic E-state index is 0.177. The molecule has 0 aromatic heterocycles. The molecule has 1 amide bonds. The number of benzene rings is 2. The highest BCUT2D eigenvalue weighted by molar-refractivity contribution is 9.10. The molecule has 128 valence electrons. The number of rotatable bonds is 6. The fourth-order valence-electron chi connectivity index (χ4n) is 2.18. The summed E-state index contributed by atoms with van der Waals surface area (Å²) in [5, 5.41) is 2.73. The van der Waals surface area contributed by atoms with E-state index in [0.29, 0.717) is 5.69 Å². The minimum Gasteiger partial charge on any atom is -0.324 e. The number of hydrogen-bond donors (Lipinski definition) is 1. The highest BCUT2D eigenvalue weighted by Crippen LogP contribution is 2.23. The number of halogens is 1. The normalized spacial score (nSPS) is 11.5. The maximum Gasteiger partial charge on any atom is 0.243 e. The Labute approximate surface area is 150 Å². The van der Waals surface area contributed by atoms with Crippen molar-refractivity contribution in [1.29, 1.82) is 0 Å². The number of anilines is 1. The van der Waals surface area contributed by atoms with E-state index in [0.717, 1.165) is 14.3 Å². The molecule has 0 heterocycles. The third-order valence-corrected chi connectivity index (χ3v) is 6.04. The van der Waals surface area contributed by atoms with Crippen molar-refractivity contribution >= 4 is 37.5 Å². The van der Waals surface area contributed by atoms with Crippen molar-refractivity contribution in [3.8, 4) is 0 Å². The van der Waals surface area contributed by atoms with Gasteiger partial charge in [-0.25, -0.2) is 8.42 Å². The summed E-state index contributed by atoms with van der Waals surface area (Å²) in [4.78, 5) is 12.4. The number of aryl methyl sites for hydroxylation is 1. The lowest BCUT2D eigenvalue weighted by atomic mass is 10.2.